The summed E-state index contributed by atoms with van der Waals surface area (Å²) >= 11 is 0. The molecule has 1 aliphatic rings. The minimum Gasteiger partial charge on any atom is -0.370 e. The van der Waals surface area contributed by atoms with Crippen LogP contribution in [0.1, 0.15) is 17.7 Å². The Balaban J connectivity index is 1.50. The molecule has 2 amide bonds. The molecule has 0 atom stereocenters. The van der Waals surface area contributed by atoms with Crippen LogP contribution in [-0.2, 0) is 12.8 Å². The molecule has 126 valence electrons. The molecule has 24 heavy (non-hydrogen) atoms. The molecular formula is C17H18F2N4O. The van der Waals surface area contributed by atoms with E-state index in [1.54, 1.807) is 0 Å². The van der Waals surface area contributed by atoms with Gasteiger partial charge in [0.15, 0.2) is 0 Å². The van der Waals surface area contributed by atoms with Crippen molar-refractivity contribution in [2.24, 2.45) is 0 Å². The Labute approximate surface area is 138 Å². The predicted molar refractivity (Wildman–Crippen MR) is 88.1 cm³/mol. The van der Waals surface area contributed by atoms with Crippen LogP contribution < -0.4 is 16.0 Å². The van der Waals surface area contributed by atoms with Gasteiger partial charge in [-0.05, 0) is 36.6 Å². The number of rotatable bonds is 4. The summed E-state index contributed by atoms with van der Waals surface area (Å²) in [6, 6.07) is 6.35. The molecule has 0 bridgehead atoms. The minimum absolute atomic E-state index is 0.0705. The lowest BCUT2D eigenvalue weighted by Crippen LogP contribution is -2.30. The second kappa shape index (κ2) is 7.25. The summed E-state index contributed by atoms with van der Waals surface area (Å²) in [5, 5.41) is 8.30. The average molecular weight is 332 g/mol. The number of hydrogen-bond acceptors (Lipinski definition) is 3. The third kappa shape index (κ3) is 4.18. The fourth-order valence-electron chi connectivity index (χ4n) is 2.61. The van der Waals surface area contributed by atoms with Crippen LogP contribution in [0.2, 0.25) is 0 Å². The number of nitrogens with one attached hydrogen (secondary N) is 3. The molecule has 2 aromatic rings. The lowest BCUT2D eigenvalue weighted by Gasteiger charge is -2.17. The highest BCUT2D eigenvalue weighted by molar-refractivity contribution is 5.89. The predicted octanol–water partition coefficient (Wildman–Crippen LogP) is 3.08. The zero-order valence-corrected chi connectivity index (χ0v) is 13.0. The van der Waals surface area contributed by atoms with E-state index in [0.717, 1.165) is 49.1 Å². The van der Waals surface area contributed by atoms with Crippen molar-refractivity contribution in [1.82, 2.24) is 10.3 Å². The largest absolute Gasteiger partial charge is 0.370 e. The van der Waals surface area contributed by atoms with Gasteiger partial charge in [0.25, 0.3) is 0 Å². The van der Waals surface area contributed by atoms with Gasteiger partial charge in [-0.2, -0.15) is 0 Å². The first-order chi connectivity index (χ1) is 11.6. The number of carbonyl (C=O) groups excluding carboxylic acids is 1. The van der Waals surface area contributed by atoms with E-state index in [1.165, 1.54) is 5.56 Å². The number of halogens is 2. The van der Waals surface area contributed by atoms with Crippen molar-refractivity contribution >= 4 is 17.5 Å². The molecule has 0 fully saturated rings. The van der Waals surface area contributed by atoms with E-state index in [-0.39, 0.29) is 5.69 Å². The average Bonchev–Trinajstić information content (AvgIpc) is 2.53. The summed E-state index contributed by atoms with van der Waals surface area (Å²) in [5.41, 5.74) is 2.16. The monoisotopic (exact) mass is 332 g/mol. The summed E-state index contributed by atoms with van der Waals surface area (Å²) in [6.45, 7) is 1.30. The number of aromatic nitrogens is 1. The first-order valence-electron chi connectivity index (χ1n) is 7.84. The van der Waals surface area contributed by atoms with E-state index in [1.807, 2.05) is 6.07 Å². The summed E-state index contributed by atoms with van der Waals surface area (Å²) in [6.07, 6.45) is 2.71. The van der Waals surface area contributed by atoms with Gasteiger partial charge in [0.1, 0.15) is 17.5 Å². The first kappa shape index (κ1) is 16.2. The maximum absolute atomic E-state index is 13.1. The molecular weight excluding hydrogens is 314 g/mol. The maximum Gasteiger partial charge on any atom is 0.319 e. The number of pyridine rings is 1. The second-order valence-corrected chi connectivity index (χ2v) is 5.63. The molecule has 1 aromatic heterocycles. The van der Waals surface area contributed by atoms with Crippen LogP contribution in [0.5, 0.6) is 0 Å². The SMILES string of the molecule is O=C(NCCc1ccc2c(n1)NCCC2)Nc1cc(F)cc(F)c1. The van der Waals surface area contributed by atoms with Crippen LogP contribution in [-0.4, -0.2) is 24.1 Å². The summed E-state index contributed by atoms with van der Waals surface area (Å²) in [4.78, 5) is 16.3. The molecule has 2 heterocycles. The van der Waals surface area contributed by atoms with Crippen LogP contribution in [0.4, 0.5) is 25.1 Å². The van der Waals surface area contributed by atoms with Crippen molar-refractivity contribution in [2.45, 2.75) is 19.3 Å². The van der Waals surface area contributed by atoms with Gasteiger partial charge in [-0.1, -0.05) is 6.07 Å². The topological polar surface area (TPSA) is 66.0 Å². The first-order valence-corrected chi connectivity index (χ1v) is 7.84. The van der Waals surface area contributed by atoms with Gasteiger partial charge in [-0.15, -0.1) is 0 Å². The van der Waals surface area contributed by atoms with Crippen LogP contribution in [0.15, 0.2) is 30.3 Å². The quantitative estimate of drug-likeness (QED) is 0.806. The zero-order chi connectivity index (χ0) is 16.9. The molecule has 0 aliphatic carbocycles. The number of anilines is 2. The smallest absolute Gasteiger partial charge is 0.319 e. The molecule has 0 spiro atoms. The fourth-order valence-corrected chi connectivity index (χ4v) is 2.61. The molecule has 1 aliphatic heterocycles. The molecule has 3 N–H and O–H groups in total. The molecule has 5 nitrogen and oxygen atoms in total. The number of nitrogens with zero attached hydrogens (tertiary/aromatic N) is 1. The molecule has 0 unspecified atom stereocenters. The second-order valence-electron chi connectivity index (χ2n) is 5.63. The van der Waals surface area contributed by atoms with Crippen molar-refractivity contribution in [1.29, 1.82) is 0 Å². The van der Waals surface area contributed by atoms with Crippen LogP contribution in [0, 0.1) is 11.6 Å². The van der Waals surface area contributed by atoms with Crippen molar-refractivity contribution in [3.05, 3.63) is 53.2 Å². The Morgan fingerprint density at radius 1 is 1.21 bits per heavy atom. The highest BCUT2D eigenvalue weighted by Gasteiger charge is 2.10. The summed E-state index contributed by atoms with van der Waals surface area (Å²) in [5.74, 6) is -0.564. The van der Waals surface area contributed by atoms with E-state index in [0.29, 0.717) is 13.0 Å². The zero-order valence-electron chi connectivity index (χ0n) is 13.0. The number of aryl methyl sites for hydroxylation is 1. The van der Waals surface area contributed by atoms with E-state index in [4.69, 9.17) is 0 Å². The van der Waals surface area contributed by atoms with E-state index in [2.05, 4.69) is 27.0 Å². The summed E-state index contributed by atoms with van der Waals surface area (Å²) in [7, 11) is 0. The van der Waals surface area contributed by atoms with Crippen molar-refractivity contribution in [2.75, 3.05) is 23.7 Å². The van der Waals surface area contributed by atoms with Crippen molar-refractivity contribution in [3.8, 4) is 0 Å². The summed E-state index contributed by atoms with van der Waals surface area (Å²) < 4.78 is 26.1. The van der Waals surface area contributed by atoms with Gasteiger partial charge in [0.2, 0.25) is 0 Å². The Hall–Kier alpha value is -2.70. The third-order valence-electron chi connectivity index (χ3n) is 3.74. The van der Waals surface area contributed by atoms with E-state index in [9.17, 15) is 13.6 Å². The van der Waals surface area contributed by atoms with Crippen LogP contribution in [0.3, 0.4) is 0 Å². The van der Waals surface area contributed by atoms with Gasteiger partial charge < -0.3 is 16.0 Å². The molecule has 1 aromatic carbocycles. The lowest BCUT2D eigenvalue weighted by atomic mass is 10.1. The Morgan fingerprint density at radius 3 is 2.79 bits per heavy atom. The molecule has 0 radical (unpaired) electrons. The fraction of sp³-hybridized carbons (Fsp3) is 0.294. The van der Waals surface area contributed by atoms with Gasteiger partial charge in [-0.25, -0.2) is 18.6 Å². The van der Waals surface area contributed by atoms with Gasteiger partial charge >= 0.3 is 6.03 Å². The van der Waals surface area contributed by atoms with Gasteiger partial charge in [0, 0.05) is 37.0 Å². The lowest BCUT2D eigenvalue weighted by molar-refractivity contribution is 0.252. The Morgan fingerprint density at radius 2 is 2.00 bits per heavy atom. The number of benzene rings is 1. The van der Waals surface area contributed by atoms with E-state index < -0.39 is 17.7 Å². The standard InChI is InChI=1S/C17H18F2N4O/c18-12-8-13(19)10-15(9-12)23-17(24)21-7-5-14-4-3-11-2-1-6-20-16(11)22-14/h3-4,8-10H,1-2,5-7H2,(H,20,22)(H2,21,23,24). The molecule has 3 rings (SSSR count). The molecule has 7 heteroatoms. The van der Waals surface area contributed by atoms with Crippen molar-refractivity contribution in [3.63, 3.8) is 0 Å². The minimum atomic E-state index is -0.740. The number of carbonyl (C=O) groups is 1. The number of urea groups is 1. The number of hydrogen-bond donors (Lipinski definition) is 3. The Bertz CT molecular complexity index is 731. The highest BCUT2D eigenvalue weighted by atomic mass is 19.1. The van der Waals surface area contributed by atoms with Crippen LogP contribution >= 0.6 is 0 Å². The Kier molecular flexibility index (Phi) is 4.88. The van der Waals surface area contributed by atoms with E-state index >= 15 is 0 Å². The molecule has 0 saturated carbocycles. The van der Waals surface area contributed by atoms with Crippen molar-refractivity contribution < 1.29 is 13.6 Å². The van der Waals surface area contributed by atoms with Crippen LogP contribution in [0.25, 0.3) is 0 Å². The molecule has 0 saturated heterocycles. The third-order valence-corrected chi connectivity index (χ3v) is 3.74. The normalized spacial score (nSPS) is 12.9. The number of amides is 2. The van der Waals surface area contributed by atoms with Gasteiger partial charge in [0.05, 0.1) is 0 Å². The van der Waals surface area contributed by atoms with Gasteiger partial charge in [-0.3, -0.25) is 0 Å². The number of fused-ring (bicyclic) bond motifs is 1. The maximum atomic E-state index is 13.1. The highest BCUT2D eigenvalue weighted by Crippen LogP contribution is 2.19.